The van der Waals surface area contributed by atoms with E-state index >= 15 is 0 Å². The van der Waals surface area contributed by atoms with Gasteiger partial charge in [0.05, 0.1) is 30.4 Å². The van der Waals surface area contributed by atoms with Crippen molar-refractivity contribution in [2.75, 3.05) is 38.1 Å². The van der Waals surface area contributed by atoms with E-state index in [0.29, 0.717) is 30.4 Å². The smallest absolute Gasteiger partial charge is 0.293 e. The number of benzene rings is 2. The lowest BCUT2D eigenvalue weighted by Crippen LogP contribution is -2.14. The highest BCUT2D eigenvalue weighted by molar-refractivity contribution is 6.05. The first-order valence-electron chi connectivity index (χ1n) is 10.5. The molecule has 1 atom stereocenters. The Labute approximate surface area is 197 Å². The fourth-order valence-corrected chi connectivity index (χ4v) is 3.19. The molecule has 0 bridgehead atoms. The van der Waals surface area contributed by atoms with E-state index in [0.717, 1.165) is 5.69 Å². The molecule has 0 fully saturated rings. The van der Waals surface area contributed by atoms with E-state index in [4.69, 9.17) is 14.2 Å². The number of anilines is 2. The average molecular weight is 466 g/mol. The molecule has 0 aliphatic heterocycles. The van der Waals surface area contributed by atoms with Gasteiger partial charge >= 0.3 is 0 Å². The summed E-state index contributed by atoms with van der Waals surface area (Å²) in [6.45, 7) is 2.55. The molecule has 34 heavy (non-hydrogen) atoms. The Balaban J connectivity index is 1.78. The molecule has 0 radical (unpaired) electrons. The molecule has 0 saturated carbocycles. The van der Waals surface area contributed by atoms with Crippen LogP contribution in [0.5, 0.6) is 11.5 Å². The zero-order chi connectivity index (χ0) is 24.5. The van der Waals surface area contributed by atoms with Crippen molar-refractivity contribution in [3.8, 4) is 11.5 Å². The molecule has 1 heterocycles. The van der Waals surface area contributed by atoms with Crippen LogP contribution < -0.4 is 20.1 Å². The summed E-state index contributed by atoms with van der Waals surface area (Å²) in [6, 6.07) is 14.4. The van der Waals surface area contributed by atoms with Crippen molar-refractivity contribution >= 4 is 23.0 Å². The van der Waals surface area contributed by atoms with Crippen molar-refractivity contribution in [3.63, 3.8) is 0 Å². The van der Waals surface area contributed by atoms with E-state index in [1.54, 1.807) is 37.6 Å². The van der Waals surface area contributed by atoms with Crippen molar-refractivity contribution in [1.29, 1.82) is 0 Å². The van der Waals surface area contributed by atoms with Crippen LogP contribution in [0.1, 0.15) is 29.0 Å². The van der Waals surface area contributed by atoms with Gasteiger partial charge in [0.2, 0.25) is 0 Å². The summed E-state index contributed by atoms with van der Waals surface area (Å²) in [5.74, 6) is 0.439. The van der Waals surface area contributed by atoms with Crippen molar-refractivity contribution in [2.45, 2.75) is 13.0 Å². The molecule has 10 heteroatoms. The standard InChI is InChI=1S/C24H26N4O6/c1-16(19-6-4-5-11-25-19)26-20-9-7-17(14-21(20)28(30)31)24(29)27-18-8-10-22(33-3)23(15-18)34-13-12-32-2/h4-11,14-16,26H,12-13H2,1-3H3,(H,27,29). The van der Waals surface area contributed by atoms with Gasteiger partial charge in [-0.25, -0.2) is 0 Å². The van der Waals surface area contributed by atoms with Gasteiger partial charge in [-0.15, -0.1) is 0 Å². The monoisotopic (exact) mass is 466 g/mol. The van der Waals surface area contributed by atoms with E-state index in [1.165, 1.54) is 25.3 Å². The molecule has 0 saturated heterocycles. The number of nitrogens with one attached hydrogen (secondary N) is 2. The number of nitro groups is 1. The summed E-state index contributed by atoms with van der Waals surface area (Å²) in [5, 5.41) is 17.5. The molecule has 1 aromatic heterocycles. The van der Waals surface area contributed by atoms with Crippen LogP contribution in [0.3, 0.4) is 0 Å². The zero-order valence-corrected chi connectivity index (χ0v) is 19.1. The summed E-state index contributed by atoms with van der Waals surface area (Å²) in [7, 11) is 3.08. The number of nitro benzene ring substituents is 1. The molecule has 1 amide bonds. The molecular weight excluding hydrogens is 440 g/mol. The molecule has 178 valence electrons. The number of hydrogen-bond acceptors (Lipinski definition) is 8. The minimum atomic E-state index is -0.528. The third kappa shape index (κ3) is 6.20. The Kier molecular flexibility index (Phi) is 8.36. The SMILES string of the molecule is COCCOc1cc(NC(=O)c2ccc(NC(C)c3ccccn3)c([N+](=O)[O-])c2)ccc1OC. The second-order valence-corrected chi connectivity index (χ2v) is 7.27. The number of carbonyl (C=O) groups is 1. The number of amides is 1. The molecule has 0 aliphatic rings. The minimum Gasteiger partial charge on any atom is -0.493 e. The van der Waals surface area contributed by atoms with Crippen molar-refractivity contribution in [3.05, 3.63) is 82.2 Å². The average Bonchev–Trinajstić information content (AvgIpc) is 2.85. The molecule has 1 unspecified atom stereocenters. The first kappa shape index (κ1) is 24.5. The van der Waals surface area contributed by atoms with E-state index in [9.17, 15) is 14.9 Å². The van der Waals surface area contributed by atoms with Gasteiger partial charge in [-0.05, 0) is 43.3 Å². The highest BCUT2D eigenvalue weighted by Gasteiger charge is 2.20. The van der Waals surface area contributed by atoms with Gasteiger partial charge in [0.25, 0.3) is 11.6 Å². The third-order valence-corrected chi connectivity index (χ3v) is 4.93. The fraction of sp³-hybridized carbons (Fsp3) is 0.250. The molecule has 2 N–H and O–H groups in total. The number of nitrogens with zero attached hydrogens (tertiary/aromatic N) is 2. The first-order valence-corrected chi connectivity index (χ1v) is 10.5. The fourth-order valence-electron chi connectivity index (χ4n) is 3.19. The molecule has 0 aliphatic carbocycles. The van der Waals surface area contributed by atoms with Gasteiger partial charge in [-0.3, -0.25) is 19.9 Å². The summed E-state index contributed by atoms with van der Waals surface area (Å²) in [5.41, 5.74) is 1.40. The summed E-state index contributed by atoms with van der Waals surface area (Å²) < 4.78 is 15.9. The minimum absolute atomic E-state index is 0.139. The predicted octanol–water partition coefficient (Wildman–Crippen LogP) is 4.45. The molecule has 3 aromatic rings. The number of pyridine rings is 1. The van der Waals surface area contributed by atoms with Gasteiger partial charge in [0.15, 0.2) is 11.5 Å². The van der Waals surface area contributed by atoms with Gasteiger partial charge in [-0.1, -0.05) is 6.07 Å². The summed E-state index contributed by atoms with van der Waals surface area (Å²) in [6.07, 6.45) is 1.66. The number of methoxy groups -OCH3 is 2. The quantitative estimate of drug-likeness (QED) is 0.241. The Hall–Kier alpha value is -4.18. The highest BCUT2D eigenvalue weighted by Crippen LogP contribution is 2.32. The van der Waals surface area contributed by atoms with Crippen LogP contribution >= 0.6 is 0 Å². The lowest BCUT2D eigenvalue weighted by Gasteiger charge is -2.15. The zero-order valence-electron chi connectivity index (χ0n) is 19.1. The molecular formula is C24H26N4O6. The number of rotatable bonds is 11. The Bertz CT molecular complexity index is 1140. The molecule has 10 nitrogen and oxygen atoms in total. The maximum Gasteiger partial charge on any atom is 0.293 e. The second kappa shape index (κ2) is 11.6. The number of hydrogen-bond donors (Lipinski definition) is 2. The van der Waals surface area contributed by atoms with Crippen LogP contribution in [0.4, 0.5) is 17.1 Å². The summed E-state index contributed by atoms with van der Waals surface area (Å²) in [4.78, 5) is 28.2. The number of ether oxygens (including phenoxy) is 3. The Morgan fingerprint density at radius 3 is 2.59 bits per heavy atom. The first-order chi connectivity index (χ1) is 16.4. The van der Waals surface area contributed by atoms with Crippen LogP contribution in [-0.2, 0) is 4.74 Å². The predicted molar refractivity (Wildman–Crippen MR) is 128 cm³/mol. The van der Waals surface area contributed by atoms with Crippen LogP contribution in [0.15, 0.2) is 60.8 Å². The van der Waals surface area contributed by atoms with Crippen LogP contribution in [0.2, 0.25) is 0 Å². The van der Waals surface area contributed by atoms with Crippen molar-refractivity contribution in [2.24, 2.45) is 0 Å². The molecule has 3 rings (SSSR count). The summed E-state index contributed by atoms with van der Waals surface area (Å²) >= 11 is 0. The van der Waals surface area contributed by atoms with Gasteiger partial charge in [0.1, 0.15) is 12.3 Å². The largest absolute Gasteiger partial charge is 0.493 e. The maximum atomic E-state index is 12.8. The van der Waals surface area contributed by atoms with Crippen molar-refractivity contribution in [1.82, 2.24) is 4.98 Å². The van der Waals surface area contributed by atoms with Gasteiger partial charge in [-0.2, -0.15) is 0 Å². The maximum absolute atomic E-state index is 12.8. The Morgan fingerprint density at radius 2 is 1.91 bits per heavy atom. The van der Waals surface area contributed by atoms with Crippen molar-refractivity contribution < 1.29 is 23.9 Å². The van der Waals surface area contributed by atoms with Gasteiger partial charge < -0.3 is 24.8 Å². The third-order valence-electron chi connectivity index (χ3n) is 4.93. The number of carbonyl (C=O) groups excluding carboxylic acids is 1. The molecule has 2 aromatic carbocycles. The van der Waals surface area contributed by atoms with E-state index < -0.39 is 10.8 Å². The molecule has 0 spiro atoms. The lowest BCUT2D eigenvalue weighted by molar-refractivity contribution is -0.384. The highest BCUT2D eigenvalue weighted by atomic mass is 16.6. The van der Waals surface area contributed by atoms with Crippen LogP contribution in [0, 0.1) is 10.1 Å². The van der Waals surface area contributed by atoms with Gasteiger partial charge in [0, 0.05) is 36.7 Å². The van der Waals surface area contributed by atoms with Crippen LogP contribution in [0.25, 0.3) is 0 Å². The lowest BCUT2D eigenvalue weighted by atomic mass is 10.1. The van der Waals surface area contributed by atoms with E-state index in [2.05, 4.69) is 15.6 Å². The van der Waals surface area contributed by atoms with E-state index in [-0.39, 0.29) is 23.0 Å². The second-order valence-electron chi connectivity index (χ2n) is 7.27. The van der Waals surface area contributed by atoms with Crippen LogP contribution in [-0.4, -0.2) is 43.2 Å². The number of aromatic nitrogens is 1. The Morgan fingerprint density at radius 1 is 1.09 bits per heavy atom. The van der Waals surface area contributed by atoms with E-state index in [1.807, 2.05) is 19.1 Å². The topological polar surface area (TPSA) is 125 Å². The normalized spacial score (nSPS) is 11.4.